The van der Waals surface area contributed by atoms with Crippen LogP contribution in [-0.2, 0) is 19.1 Å². The molecule has 0 bridgehead atoms. The second-order valence-corrected chi connectivity index (χ2v) is 11.3. The van der Waals surface area contributed by atoms with Gasteiger partial charge in [-0.25, -0.2) is 0 Å². The minimum atomic E-state index is -2.01. The summed E-state index contributed by atoms with van der Waals surface area (Å²) >= 11 is 0. The lowest BCUT2D eigenvalue weighted by Gasteiger charge is -2.42. The van der Waals surface area contributed by atoms with Crippen molar-refractivity contribution in [3.63, 3.8) is 0 Å². The molecular formula is C31H44N6O13. The second kappa shape index (κ2) is 19.9. The first-order valence-electron chi connectivity index (χ1n) is 15.5. The highest BCUT2D eigenvalue weighted by molar-refractivity contribution is 5.94. The van der Waals surface area contributed by atoms with Gasteiger partial charge in [0.1, 0.15) is 48.8 Å². The highest BCUT2D eigenvalue weighted by Gasteiger charge is 2.46. The van der Waals surface area contributed by atoms with E-state index in [0.29, 0.717) is 23.2 Å². The molecule has 1 saturated heterocycles. The lowest BCUT2D eigenvalue weighted by atomic mass is 9.98. The van der Waals surface area contributed by atoms with Gasteiger partial charge in [-0.15, -0.1) is 0 Å². The number of amides is 2. The summed E-state index contributed by atoms with van der Waals surface area (Å²) in [4.78, 5) is 31.2. The topological polar surface area (TPSA) is 288 Å². The average Bonchev–Trinajstić information content (AvgIpc) is 3.12. The van der Waals surface area contributed by atoms with Gasteiger partial charge in [0.15, 0.2) is 12.9 Å². The predicted octanol–water partition coefficient (Wildman–Crippen LogP) is -2.72. The average molecular weight is 709 g/mol. The molecule has 19 nitrogen and oxygen atoms in total. The van der Waals surface area contributed by atoms with Crippen LogP contribution in [0.25, 0.3) is 0 Å². The molecule has 2 aromatic carbocycles. The van der Waals surface area contributed by atoms with Crippen molar-refractivity contribution in [2.45, 2.75) is 55.1 Å². The molecule has 276 valence electrons. The zero-order valence-electron chi connectivity index (χ0n) is 27.3. The molecule has 0 aromatic heterocycles. The Bertz CT molecular complexity index is 1400. The van der Waals surface area contributed by atoms with Crippen LogP contribution in [0.3, 0.4) is 0 Å². The van der Waals surface area contributed by atoms with Crippen molar-refractivity contribution < 1.29 is 64.8 Å². The van der Waals surface area contributed by atoms with E-state index in [1.807, 2.05) is 43.3 Å². The number of aliphatic hydroxyl groups excluding tert-OH is 8. The summed E-state index contributed by atoms with van der Waals surface area (Å²) in [6.45, 7) is -2.20. The number of carbonyl (C=O) groups excluding carboxylic acids is 2. The molecule has 0 spiro atoms. The lowest BCUT2D eigenvalue weighted by molar-refractivity contribution is -0.326. The maximum atomic E-state index is 12.4. The molecule has 19 heteroatoms. The normalized spacial score (nSPS) is 23.3. The molecule has 1 aliphatic rings. The molecule has 0 unspecified atom stereocenters. The van der Waals surface area contributed by atoms with E-state index in [9.17, 15) is 50.4 Å². The highest BCUT2D eigenvalue weighted by Crippen LogP contribution is 2.25. The van der Waals surface area contributed by atoms with Gasteiger partial charge in [-0.2, -0.15) is 10.2 Å². The Kier molecular flexibility index (Phi) is 16.0. The van der Waals surface area contributed by atoms with Crippen LogP contribution in [-0.4, -0.2) is 161 Å². The second-order valence-electron chi connectivity index (χ2n) is 11.3. The zero-order valence-corrected chi connectivity index (χ0v) is 27.3. The first kappa shape index (κ1) is 40.3. The number of oxime groups is 1. The van der Waals surface area contributed by atoms with Gasteiger partial charge in [-0.05, 0) is 48.5 Å². The molecule has 1 fully saturated rings. The number of nitrogens with one attached hydrogen (secondary N) is 2. The van der Waals surface area contributed by atoms with Crippen molar-refractivity contribution in [2.75, 3.05) is 51.9 Å². The molecule has 10 N–H and O–H groups in total. The Labute approximate surface area is 287 Å². The fourth-order valence-corrected chi connectivity index (χ4v) is 4.46. The van der Waals surface area contributed by atoms with E-state index in [4.69, 9.17) is 14.3 Å². The number of azo groups is 1. The van der Waals surface area contributed by atoms with Gasteiger partial charge in [0.2, 0.25) is 0 Å². The van der Waals surface area contributed by atoms with Crippen LogP contribution in [0, 0.1) is 0 Å². The fraction of sp³-hybridized carbons (Fsp3) is 0.516. The zero-order chi connectivity index (χ0) is 36.8. The summed E-state index contributed by atoms with van der Waals surface area (Å²) in [5.74, 6) is -1.01. The molecule has 9 atom stereocenters. The number of nitrogens with zero attached hydrogens (tertiary/aromatic N) is 4. The van der Waals surface area contributed by atoms with E-state index in [2.05, 4.69) is 26.0 Å². The first-order chi connectivity index (χ1) is 23.9. The smallest absolute Gasteiger partial charge is 0.260 e. The van der Waals surface area contributed by atoms with Crippen LogP contribution in [0.1, 0.15) is 10.4 Å². The maximum absolute atomic E-state index is 12.4. The Balaban J connectivity index is 1.38. The fourth-order valence-electron chi connectivity index (χ4n) is 4.46. The first-order valence-corrected chi connectivity index (χ1v) is 15.5. The minimum Gasteiger partial charge on any atom is -0.394 e. The van der Waals surface area contributed by atoms with Crippen LogP contribution in [0.2, 0.25) is 0 Å². The number of hydrogen-bond acceptors (Lipinski definition) is 17. The van der Waals surface area contributed by atoms with Gasteiger partial charge in [-0.1, -0.05) is 5.16 Å². The van der Waals surface area contributed by atoms with Crippen LogP contribution < -0.4 is 15.5 Å². The molecule has 1 aliphatic heterocycles. The molecule has 2 amide bonds. The Morgan fingerprint density at radius 1 is 0.900 bits per heavy atom. The molecule has 0 saturated carbocycles. The summed E-state index contributed by atoms with van der Waals surface area (Å²) in [5, 5.41) is 96.5. The van der Waals surface area contributed by atoms with Crippen LogP contribution >= 0.6 is 0 Å². The highest BCUT2D eigenvalue weighted by atomic mass is 16.7. The van der Waals surface area contributed by atoms with Crippen molar-refractivity contribution >= 4 is 35.1 Å². The van der Waals surface area contributed by atoms with E-state index >= 15 is 0 Å². The number of ether oxygens (including phenoxy) is 2. The van der Waals surface area contributed by atoms with Gasteiger partial charge in [-0.3, -0.25) is 9.59 Å². The number of benzene rings is 2. The van der Waals surface area contributed by atoms with Crippen molar-refractivity contribution in [3.8, 4) is 0 Å². The number of hydrogen-bond donors (Lipinski definition) is 10. The van der Waals surface area contributed by atoms with Gasteiger partial charge >= 0.3 is 0 Å². The van der Waals surface area contributed by atoms with Crippen molar-refractivity contribution in [2.24, 2.45) is 15.4 Å². The molecule has 50 heavy (non-hydrogen) atoms. The summed E-state index contributed by atoms with van der Waals surface area (Å²) in [7, 11) is 3.88. The molecule has 0 aliphatic carbocycles. The van der Waals surface area contributed by atoms with E-state index in [-0.39, 0.29) is 19.0 Å². The number of rotatable bonds is 18. The van der Waals surface area contributed by atoms with Gasteiger partial charge in [0, 0.05) is 38.4 Å². The van der Waals surface area contributed by atoms with Crippen molar-refractivity contribution in [1.82, 2.24) is 10.6 Å². The maximum Gasteiger partial charge on any atom is 0.260 e. The quantitative estimate of drug-likeness (QED) is 0.0326. The lowest BCUT2D eigenvalue weighted by Crippen LogP contribution is -2.61. The Morgan fingerprint density at radius 2 is 1.50 bits per heavy atom. The molecular weight excluding hydrogens is 664 g/mol. The van der Waals surface area contributed by atoms with E-state index in [0.717, 1.165) is 5.69 Å². The number of aliphatic hydroxyl groups is 8. The van der Waals surface area contributed by atoms with Crippen LogP contribution in [0.4, 0.5) is 17.1 Å². The van der Waals surface area contributed by atoms with Crippen LogP contribution in [0.5, 0.6) is 0 Å². The van der Waals surface area contributed by atoms with E-state index in [1.165, 1.54) is 0 Å². The standard InChI is InChI=1S/C31H44N6O13/c1-37(2)20-9-7-19(8-10-20)36-35-18-5-3-17(4-6-18)30(47)33-12-11-32-24(42)16-48-34-13-21(40)25(43)29(22(41)14-38)50-31-28(46)27(45)26(44)23(15-39)49-31/h3-10,13,21-23,25-29,31,38-41,43-46H,11-12,14-16H2,1-2H3,(H,32,42)(H,33,47)/b34-13+,36-35?/t21-,22+,23+,25+,26-,27-,28+,29+,31+/m0/s1. The summed E-state index contributed by atoms with van der Waals surface area (Å²) in [6, 6.07) is 14.0. The van der Waals surface area contributed by atoms with Gasteiger partial charge in [0.05, 0.1) is 30.8 Å². The SMILES string of the molecule is CN(C)c1ccc(N=Nc2ccc(C(=O)NCCNC(=O)CO/N=C/[C@H](O)[C@@H](O)[C@H](O[C@H]3O[C@H](CO)[C@H](O)[C@H](O)[C@H]3O)[C@H](O)CO)cc2)cc1. The third kappa shape index (κ3) is 11.7. The monoisotopic (exact) mass is 708 g/mol. The summed E-state index contributed by atoms with van der Waals surface area (Å²) in [6.07, 6.45) is -15.5. The molecule has 1 heterocycles. The minimum absolute atomic E-state index is 0.0495. The number of anilines is 1. The molecule has 3 rings (SSSR count). The third-order valence-corrected chi connectivity index (χ3v) is 7.39. The number of carbonyl (C=O) groups is 2. The predicted molar refractivity (Wildman–Crippen MR) is 175 cm³/mol. The van der Waals surface area contributed by atoms with E-state index < -0.39 is 80.8 Å². The summed E-state index contributed by atoms with van der Waals surface area (Å²) in [5.41, 5.74) is 2.64. The largest absolute Gasteiger partial charge is 0.394 e. The van der Waals surface area contributed by atoms with Crippen LogP contribution in [0.15, 0.2) is 63.9 Å². The Hall–Kier alpha value is -4.15. The molecule has 2 aromatic rings. The van der Waals surface area contributed by atoms with Gasteiger partial charge < -0.3 is 70.7 Å². The summed E-state index contributed by atoms with van der Waals surface area (Å²) < 4.78 is 10.5. The molecule has 0 radical (unpaired) electrons. The van der Waals surface area contributed by atoms with Gasteiger partial charge in [0.25, 0.3) is 11.8 Å². The van der Waals surface area contributed by atoms with E-state index in [1.54, 1.807) is 24.3 Å². The van der Waals surface area contributed by atoms with Crippen molar-refractivity contribution in [3.05, 3.63) is 54.1 Å². The Morgan fingerprint density at radius 3 is 2.08 bits per heavy atom. The van der Waals surface area contributed by atoms with Crippen molar-refractivity contribution in [1.29, 1.82) is 0 Å². The third-order valence-electron chi connectivity index (χ3n) is 7.39.